The smallest absolute Gasteiger partial charge is 0.230 e. The Hall–Kier alpha value is -1.06. The first kappa shape index (κ1) is 24.0. The third-order valence-electron chi connectivity index (χ3n) is 5.60. The molecule has 27 heavy (non-hydrogen) atoms. The maximum absolute atomic E-state index is 12.6. The summed E-state index contributed by atoms with van der Waals surface area (Å²) in [6.45, 7) is 1.12. The molecule has 0 aliphatic heterocycles. The van der Waals surface area contributed by atoms with Crippen molar-refractivity contribution in [2.24, 2.45) is 10.4 Å². The molecule has 3 N–H and O–H groups in total. The largest absolute Gasteiger partial charge is 0.356 e. The van der Waals surface area contributed by atoms with E-state index in [1.807, 2.05) is 14.1 Å². The molecule has 0 aromatic rings. The minimum absolute atomic E-state index is 0. The number of carbonyl (C=O) groups is 2. The highest BCUT2D eigenvalue weighted by Crippen LogP contribution is 2.38. The zero-order valence-corrected chi connectivity index (χ0v) is 19.3. The number of guanidine groups is 1. The van der Waals surface area contributed by atoms with Crippen molar-refractivity contribution in [1.29, 1.82) is 0 Å². The summed E-state index contributed by atoms with van der Waals surface area (Å²) >= 11 is 0. The van der Waals surface area contributed by atoms with Gasteiger partial charge >= 0.3 is 0 Å². The van der Waals surface area contributed by atoms with Crippen LogP contribution in [0, 0.1) is 5.41 Å². The Morgan fingerprint density at radius 2 is 1.70 bits per heavy atom. The van der Waals surface area contributed by atoms with E-state index in [0.717, 1.165) is 38.5 Å². The topological polar surface area (TPSA) is 85.8 Å². The summed E-state index contributed by atoms with van der Waals surface area (Å²) in [7, 11) is 5.35. The van der Waals surface area contributed by atoms with E-state index in [0.29, 0.717) is 31.5 Å². The first-order chi connectivity index (χ1) is 12.5. The highest BCUT2D eigenvalue weighted by molar-refractivity contribution is 14.0. The fraction of sp³-hybridized carbons (Fsp3) is 0.842. The lowest BCUT2D eigenvalue weighted by Gasteiger charge is -2.31. The van der Waals surface area contributed by atoms with Gasteiger partial charge in [0.25, 0.3) is 0 Å². The van der Waals surface area contributed by atoms with Crippen molar-refractivity contribution in [2.45, 2.75) is 63.8 Å². The monoisotopic (exact) mass is 493 g/mol. The van der Waals surface area contributed by atoms with Crippen LogP contribution in [0.25, 0.3) is 0 Å². The zero-order valence-electron chi connectivity index (χ0n) is 17.0. The van der Waals surface area contributed by atoms with Gasteiger partial charge in [0, 0.05) is 46.7 Å². The van der Waals surface area contributed by atoms with E-state index in [4.69, 9.17) is 0 Å². The van der Waals surface area contributed by atoms with Crippen molar-refractivity contribution in [3.8, 4) is 0 Å². The second kappa shape index (κ2) is 11.7. The Bertz CT molecular complexity index is 512. The Morgan fingerprint density at radius 1 is 1.07 bits per heavy atom. The number of rotatable bonds is 7. The number of nitrogens with zero attached hydrogens (tertiary/aromatic N) is 2. The van der Waals surface area contributed by atoms with E-state index >= 15 is 0 Å². The molecular formula is C19H36IN5O2. The highest BCUT2D eigenvalue weighted by atomic mass is 127. The van der Waals surface area contributed by atoms with Crippen LogP contribution in [-0.4, -0.2) is 62.9 Å². The molecule has 156 valence electrons. The first-order valence-corrected chi connectivity index (χ1v) is 9.92. The summed E-state index contributed by atoms with van der Waals surface area (Å²) < 4.78 is 0. The van der Waals surface area contributed by atoms with Crippen LogP contribution >= 0.6 is 24.0 Å². The van der Waals surface area contributed by atoms with Gasteiger partial charge in [-0.3, -0.25) is 14.6 Å². The van der Waals surface area contributed by atoms with E-state index < -0.39 is 0 Å². The van der Waals surface area contributed by atoms with Crippen LogP contribution in [0.3, 0.4) is 0 Å². The van der Waals surface area contributed by atoms with Crippen LogP contribution in [-0.2, 0) is 9.59 Å². The van der Waals surface area contributed by atoms with Crippen LogP contribution in [0.15, 0.2) is 4.99 Å². The van der Waals surface area contributed by atoms with Gasteiger partial charge in [-0.15, -0.1) is 24.0 Å². The molecule has 2 saturated carbocycles. The van der Waals surface area contributed by atoms with Gasteiger partial charge in [0.15, 0.2) is 5.96 Å². The summed E-state index contributed by atoms with van der Waals surface area (Å²) in [6.07, 6.45) is 9.08. The van der Waals surface area contributed by atoms with Crippen molar-refractivity contribution in [3.63, 3.8) is 0 Å². The van der Waals surface area contributed by atoms with Gasteiger partial charge in [-0.25, -0.2) is 0 Å². The van der Waals surface area contributed by atoms with Gasteiger partial charge in [-0.2, -0.15) is 0 Å². The van der Waals surface area contributed by atoms with Crippen LogP contribution in [0.2, 0.25) is 0 Å². The second-order valence-corrected chi connectivity index (χ2v) is 7.84. The Labute approximate surface area is 180 Å². The molecule has 8 heteroatoms. The standard InChI is InChI=1S/C19H35N5O2.HI/c1-20-18(21-13-10-16(25)23-15-8-4-5-9-15)22-14-19(11-6-7-12-19)17(26)24(2)3;/h15H,4-14H2,1-3H3,(H,23,25)(H2,20,21,22);1H. The summed E-state index contributed by atoms with van der Waals surface area (Å²) in [6, 6.07) is 0.360. The van der Waals surface area contributed by atoms with E-state index in [-0.39, 0.29) is 41.2 Å². The summed E-state index contributed by atoms with van der Waals surface area (Å²) in [5.74, 6) is 0.931. The second-order valence-electron chi connectivity index (χ2n) is 7.84. The number of carbonyl (C=O) groups excluding carboxylic acids is 2. The van der Waals surface area contributed by atoms with E-state index in [1.165, 1.54) is 12.8 Å². The third-order valence-corrected chi connectivity index (χ3v) is 5.60. The van der Waals surface area contributed by atoms with Gasteiger partial charge in [0.1, 0.15) is 0 Å². The van der Waals surface area contributed by atoms with E-state index in [9.17, 15) is 9.59 Å². The van der Waals surface area contributed by atoms with Crippen molar-refractivity contribution in [2.75, 3.05) is 34.2 Å². The molecule has 2 aliphatic rings. The maximum Gasteiger partial charge on any atom is 0.230 e. The fourth-order valence-electron chi connectivity index (χ4n) is 4.13. The van der Waals surface area contributed by atoms with Crippen molar-refractivity contribution < 1.29 is 9.59 Å². The maximum atomic E-state index is 12.6. The lowest BCUT2D eigenvalue weighted by atomic mass is 9.84. The molecule has 0 atom stereocenters. The normalized spacial score (nSPS) is 19.3. The molecule has 0 heterocycles. The highest BCUT2D eigenvalue weighted by Gasteiger charge is 2.42. The fourth-order valence-corrected chi connectivity index (χ4v) is 4.13. The zero-order chi connectivity index (χ0) is 19.0. The Morgan fingerprint density at radius 3 is 2.26 bits per heavy atom. The number of hydrogen-bond acceptors (Lipinski definition) is 3. The average molecular weight is 493 g/mol. The summed E-state index contributed by atoms with van der Waals surface area (Å²) in [4.78, 5) is 30.5. The number of nitrogens with one attached hydrogen (secondary N) is 3. The van der Waals surface area contributed by atoms with Crippen LogP contribution < -0.4 is 16.0 Å². The van der Waals surface area contributed by atoms with Crippen LogP contribution in [0.5, 0.6) is 0 Å². The molecular weight excluding hydrogens is 457 g/mol. The molecule has 7 nitrogen and oxygen atoms in total. The van der Waals surface area contributed by atoms with Crippen LogP contribution in [0.1, 0.15) is 57.8 Å². The molecule has 0 spiro atoms. The summed E-state index contributed by atoms with van der Waals surface area (Å²) in [5, 5.41) is 9.57. The van der Waals surface area contributed by atoms with Gasteiger partial charge in [-0.1, -0.05) is 25.7 Å². The lowest BCUT2D eigenvalue weighted by molar-refractivity contribution is -0.138. The minimum atomic E-state index is -0.332. The van der Waals surface area contributed by atoms with Crippen molar-refractivity contribution in [1.82, 2.24) is 20.9 Å². The van der Waals surface area contributed by atoms with Gasteiger partial charge in [-0.05, 0) is 25.7 Å². The molecule has 0 unspecified atom stereocenters. The molecule has 2 amide bonds. The molecule has 0 aromatic heterocycles. The quantitative estimate of drug-likeness (QED) is 0.287. The third kappa shape index (κ3) is 7.12. The predicted octanol–water partition coefficient (Wildman–Crippen LogP) is 1.87. The van der Waals surface area contributed by atoms with Crippen molar-refractivity contribution >= 4 is 41.8 Å². The molecule has 0 aromatic carbocycles. The number of halogens is 1. The van der Waals surface area contributed by atoms with Crippen LogP contribution in [0.4, 0.5) is 0 Å². The number of hydrogen-bond donors (Lipinski definition) is 3. The lowest BCUT2D eigenvalue weighted by Crippen LogP contribution is -2.49. The summed E-state index contributed by atoms with van der Waals surface area (Å²) in [5.41, 5.74) is -0.332. The van der Waals surface area contributed by atoms with Crippen molar-refractivity contribution in [3.05, 3.63) is 0 Å². The average Bonchev–Trinajstić information content (AvgIpc) is 3.29. The van der Waals surface area contributed by atoms with E-state index in [2.05, 4.69) is 20.9 Å². The molecule has 2 aliphatic carbocycles. The van der Waals surface area contributed by atoms with E-state index in [1.54, 1.807) is 11.9 Å². The molecule has 2 fully saturated rings. The van der Waals surface area contributed by atoms with Gasteiger partial charge in [0.05, 0.1) is 5.41 Å². The molecule has 0 radical (unpaired) electrons. The predicted molar refractivity (Wildman–Crippen MR) is 119 cm³/mol. The minimum Gasteiger partial charge on any atom is -0.356 e. The number of aliphatic imine (C=N–C) groups is 1. The van der Waals surface area contributed by atoms with Gasteiger partial charge < -0.3 is 20.9 Å². The first-order valence-electron chi connectivity index (χ1n) is 9.92. The SMILES string of the molecule is CN=C(NCCC(=O)NC1CCCC1)NCC1(C(=O)N(C)C)CCCC1.I. The Balaban J connectivity index is 0.00000364. The molecule has 0 bridgehead atoms. The van der Waals surface area contributed by atoms with Gasteiger partial charge in [0.2, 0.25) is 11.8 Å². The molecule has 0 saturated heterocycles. The Kier molecular flexibility index (Phi) is 10.4. The number of amides is 2. The molecule has 2 rings (SSSR count).